The fourth-order valence-electron chi connectivity index (χ4n) is 1.99. The number of aliphatic hydroxyl groups is 2. The number of ether oxygens (including phenoxy) is 1. The molecular formula is C16H24ClNO5. The van der Waals surface area contributed by atoms with Crippen molar-refractivity contribution >= 4 is 17.7 Å². The first-order valence-corrected chi connectivity index (χ1v) is 7.71. The van der Waals surface area contributed by atoms with Gasteiger partial charge in [0.1, 0.15) is 17.5 Å². The Morgan fingerprint density at radius 3 is 2.52 bits per heavy atom. The lowest BCUT2D eigenvalue weighted by Gasteiger charge is -2.22. The largest absolute Gasteiger partial charge is 0.507 e. The molecule has 0 saturated heterocycles. The van der Waals surface area contributed by atoms with Gasteiger partial charge in [0.15, 0.2) is 0 Å². The molecule has 4 N–H and O–H groups in total. The summed E-state index contributed by atoms with van der Waals surface area (Å²) < 4.78 is 5.06. The van der Waals surface area contributed by atoms with E-state index in [1.54, 1.807) is 33.8 Å². The van der Waals surface area contributed by atoms with E-state index in [0.717, 1.165) is 0 Å². The lowest BCUT2D eigenvalue weighted by atomic mass is 9.99. The molecule has 6 nitrogen and oxygen atoms in total. The number of hydrogen-bond acceptors (Lipinski definition) is 5. The molecule has 0 heterocycles. The zero-order valence-electron chi connectivity index (χ0n) is 13.8. The van der Waals surface area contributed by atoms with Gasteiger partial charge in [-0.2, -0.15) is 0 Å². The molecule has 0 saturated carbocycles. The number of benzene rings is 1. The summed E-state index contributed by atoms with van der Waals surface area (Å²) in [6.07, 6.45) is -2.99. The Balaban J connectivity index is 2.58. The molecule has 0 aliphatic rings. The monoisotopic (exact) mass is 345 g/mol. The number of nitrogens with one attached hydrogen (secondary N) is 1. The Morgan fingerprint density at radius 1 is 1.35 bits per heavy atom. The van der Waals surface area contributed by atoms with Crippen LogP contribution in [0.5, 0.6) is 5.75 Å². The van der Waals surface area contributed by atoms with Gasteiger partial charge in [-0.25, -0.2) is 4.79 Å². The van der Waals surface area contributed by atoms with E-state index < -0.39 is 23.9 Å². The third kappa shape index (κ3) is 6.25. The van der Waals surface area contributed by atoms with Crippen LogP contribution in [0.4, 0.5) is 4.79 Å². The molecule has 1 rings (SSSR count). The molecule has 1 amide bonds. The van der Waals surface area contributed by atoms with Crippen molar-refractivity contribution in [3.8, 4) is 5.75 Å². The van der Waals surface area contributed by atoms with Crippen molar-refractivity contribution in [3.63, 3.8) is 0 Å². The SMILES string of the molecule is Cc1cc(Cl)cc(C(O)C(O)CCNC(=O)OC(C)(C)C)c1O. The number of aliphatic hydroxyl groups excluding tert-OH is 2. The molecule has 0 fully saturated rings. The second-order valence-corrected chi connectivity index (χ2v) is 6.83. The van der Waals surface area contributed by atoms with Gasteiger partial charge in [0.05, 0.1) is 6.10 Å². The molecule has 0 spiro atoms. The molecule has 0 bridgehead atoms. The van der Waals surface area contributed by atoms with Crippen molar-refractivity contribution in [1.82, 2.24) is 5.32 Å². The van der Waals surface area contributed by atoms with Crippen LogP contribution in [0.3, 0.4) is 0 Å². The van der Waals surface area contributed by atoms with Crippen LogP contribution in [0.1, 0.15) is 44.4 Å². The Hall–Kier alpha value is -1.50. The normalized spacial score (nSPS) is 14.2. The summed E-state index contributed by atoms with van der Waals surface area (Å²) >= 11 is 5.90. The van der Waals surface area contributed by atoms with Gasteiger partial charge in [-0.1, -0.05) is 11.6 Å². The van der Waals surface area contributed by atoms with Gasteiger partial charge < -0.3 is 25.4 Å². The number of rotatable bonds is 5. The van der Waals surface area contributed by atoms with Crippen molar-refractivity contribution in [3.05, 3.63) is 28.3 Å². The van der Waals surface area contributed by atoms with Crippen LogP contribution in [-0.4, -0.2) is 39.7 Å². The summed E-state index contributed by atoms with van der Waals surface area (Å²) in [5.41, 5.74) is 0.0529. The van der Waals surface area contributed by atoms with Crippen molar-refractivity contribution in [2.45, 2.75) is 51.9 Å². The zero-order chi connectivity index (χ0) is 17.8. The molecule has 0 aromatic heterocycles. The first-order chi connectivity index (χ1) is 10.5. The van der Waals surface area contributed by atoms with Crippen LogP contribution in [0.25, 0.3) is 0 Å². The first kappa shape index (κ1) is 19.5. The predicted molar refractivity (Wildman–Crippen MR) is 87.7 cm³/mol. The average Bonchev–Trinajstić information content (AvgIpc) is 2.39. The van der Waals surface area contributed by atoms with Crippen LogP contribution in [0.2, 0.25) is 5.02 Å². The third-order valence-electron chi connectivity index (χ3n) is 3.09. The van der Waals surface area contributed by atoms with Gasteiger partial charge in [0.25, 0.3) is 0 Å². The van der Waals surface area contributed by atoms with E-state index in [4.69, 9.17) is 16.3 Å². The van der Waals surface area contributed by atoms with E-state index in [9.17, 15) is 20.1 Å². The van der Waals surface area contributed by atoms with E-state index in [2.05, 4.69) is 5.32 Å². The van der Waals surface area contributed by atoms with E-state index in [1.807, 2.05) is 0 Å². The summed E-state index contributed by atoms with van der Waals surface area (Å²) in [7, 11) is 0. The van der Waals surface area contributed by atoms with Crippen LogP contribution < -0.4 is 5.32 Å². The van der Waals surface area contributed by atoms with E-state index in [-0.39, 0.29) is 24.3 Å². The molecule has 7 heteroatoms. The smallest absolute Gasteiger partial charge is 0.407 e. The summed E-state index contributed by atoms with van der Waals surface area (Å²) in [5.74, 6) is -0.110. The molecule has 2 unspecified atom stereocenters. The van der Waals surface area contributed by atoms with Gasteiger partial charge >= 0.3 is 6.09 Å². The van der Waals surface area contributed by atoms with Crippen molar-refractivity contribution in [2.75, 3.05) is 6.54 Å². The summed E-state index contributed by atoms with van der Waals surface area (Å²) in [6.45, 7) is 7.00. The van der Waals surface area contributed by atoms with Gasteiger partial charge in [-0.05, 0) is 51.8 Å². The number of aryl methyl sites for hydroxylation is 1. The van der Waals surface area contributed by atoms with Crippen LogP contribution in [-0.2, 0) is 4.74 Å². The van der Waals surface area contributed by atoms with Crippen molar-refractivity contribution in [1.29, 1.82) is 0 Å². The van der Waals surface area contributed by atoms with Gasteiger partial charge in [-0.3, -0.25) is 0 Å². The third-order valence-corrected chi connectivity index (χ3v) is 3.30. The number of alkyl carbamates (subject to hydrolysis) is 1. The number of carbonyl (C=O) groups excluding carboxylic acids is 1. The second kappa shape index (κ2) is 7.86. The molecule has 1 aromatic carbocycles. The highest BCUT2D eigenvalue weighted by atomic mass is 35.5. The maximum atomic E-state index is 11.5. The quantitative estimate of drug-likeness (QED) is 0.657. The fraction of sp³-hybridized carbons (Fsp3) is 0.562. The highest BCUT2D eigenvalue weighted by Crippen LogP contribution is 2.33. The maximum Gasteiger partial charge on any atom is 0.407 e. The highest BCUT2D eigenvalue weighted by Gasteiger charge is 2.23. The Kier molecular flexibility index (Phi) is 6.68. The molecule has 2 atom stereocenters. The second-order valence-electron chi connectivity index (χ2n) is 6.39. The Bertz CT molecular complexity index is 556. The molecule has 0 aliphatic heterocycles. The van der Waals surface area contributed by atoms with Crippen LogP contribution >= 0.6 is 11.6 Å². The van der Waals surface area contributed by atoms with Gasteiger partial charge in [0, 0.05) is 17.1 Å². The van der Waals surface area contributed by atoms with Crippen molar-refractivity contribution < 1.29 is 24.9 Å². The topological polar surface area (TPSA) is 99.0 Å². The minimum Gasteiger partial charge on any atom is -0.507 e. The van der Waals surface area contributed by atoms with E-state index >= 15 is 0 Å². The lowest BCUT2D eigenvalue weighted by molar-refractivity contribution is 0.0110. The lowest BCUT2D eigenvalue weighted by Crippen LogP contribution is -2.34. The predicted octanol–water partition coefficient (Wildman–Crippen LogP) is 2.66. The standard InChI is InChI=1S/C16H24ClNO5/c1-9-7-10(17)8-11(13(9)20)14(21)12(19)5-6-18-15(22)23-16(2,3)4/h7-8,12,14,19-21H,5-6H2,1-4H3,(H,18,22). The highest BCUT2D eigenvalue weighted by molar-refractivity contribution is 6.30. The van der Waals surface area contributed by atoms with Gasteiger partial charge in [0.2, 0.25) is 0 Å². The maximum absolute atomic E-state index is 11.5. The fourth-order valence-corrected chi connectivity index (χ4v) is 2.27. The number of aromatic hydroxyl groups is 1. The average molecular weight is 346 g/mol. The number of halogens is 1. The number of phenolic OH excluding ortho intramolecular Hbond substituents is 1. The number of amides is 1. The zero-order valence-corrected chi connectivity index (χ0v) is 14.5. The summed E-state index contributed by atoms with van der Waals surface area (Å²) in [5, 5.41) is 33.0. The van der Waals surface area contributed by atoms with E-state index in [0.29, 0.717) is 10.6 Å². The number of hydrogen-bond donors (Lipinski definition) is 4. The first-order valence-electron chi connectivity index (χ1n) is 7.33. The van der Waals surface area contributed by atoms with Crippen LogP contribution in [0, 0.1) is 6.92 Å². The minimum absolute atomic E-state index is 0.0887. The van der Waals surface area contributed by atoms with Crippen LogP contribution in [0.15, 0.2) is 12.1 Å². The molecule has 0 radical (unpaired) electrons. The molecule has 1 aromatic rings. The summed E-state index contributed by atoms with van der Waals surface area (Å²) in [6, 6.07) is 2.96. The molecule has 130 valence electrons. The van der Waals surface area contributed by atoms with Crippen molar-refractivity contribution in [2.24, 2.45) is 0 Å². The van der Waals surface area contributed by atoms with Gasteiger partial charge in [-0.15, -0.1) is 0 Å². The Morgan fingerprint density at radius 2 is 1.96 bits per heavy atom. The molecule has 23 heavy (non-hydrogen) atoms. The Labute approximate surface area is 141 Å². The van der Waals surface area contributed by atoms with E-state index in [1.165, 1.54) is 6.07 Å². The number of carbonyl (C=O) groups is 1. The minimum atomic E-state index is -1.31. The molecular weight excluding hydrogens is 322 g/mol. The number of phenols is 1. The molecule has 0 aliphatic carbocycles. The summed E-state index contributed by atoms with van der Waals surface area (Å²) in [4.78, 5) is 11.5.